The Labute approximate surface area is 140 Å². The first-order valence-electron chi connectivity index (χ1n) is 8.17. The third kappa shape index (κ3) is 2.46. The monoisotopic (exact) mass is 323 g/mol. The highest BCUT2D eigenvalue weighted by Crippen LogP contribution is 2.38. The third-order valence-electron chi connectivity index (χ3n) is 4.79. The Kier molecular flexibility index (Phi) is 3.57. The van der Waals surface area contributed by atoms with Gasteiger partial charge in [-0.2, -0.15) is 9.50 Å². The molecule has 4 rings (SSSR count). The number of aromatic nitrogens is 4. The molecule has 3 aromatic rings. The second-order valence-electron chi connectivity index (χ2n) is 6.42. The Bertz CT molecular complexity index is 864. The van der Waals surface area contributed by atoms with E-state index in [1.165, 1.54) is 5.56 Å². The minimum absolute atomic E-state index is 0.249. The maximum Gasteiger partial charge on any atom is 0.240 e. The molecule has 7 nitrogen and oxygen atoms in total. The first kappa shape index (κ1) is 14.9. The molecular weight excluding hydrogens is 302 g/mol. The number of nitrogen functional groups attached to an aromatic ring is 2. The minimum Gasteiger partial charge on any atom is -0.384 e. The standard InChI is InChI=1S/C17H21N7/c1-23-7-4-11(5-8-23)15-13(12-3-2-6-20-10-12)9-14(18)24-16(15)21-17(19)22-24/h2-3,6,9-11H,4-5,7-8,18H2,1H3,(H2,19,22). The van der Waals surface area contributed by atoms with Gasteiger partial charge in [-0.3, -0.25) is 4.98 Å². The summed E-state index contributed by atoms with van der Waals surface area (Å²) < 4.78 is 1.66. The van der Waals surface area contributed by atoms with Crippen molar-refractivity contribution in [1.82, 2.24) is 24.5 Å². The maximum absolute atomic E-state index is 6.20. The van der Waals surface area contributed by atoms with Gasteiger partial charge in [-0.15, -0.1) is 5.10 Å². The van der Waals surface area contributed by atoms with E-state index >= 15 is 0 Å². The van der Waals surface area contributed by atoms with Crippen LogP contribution < -0.4 is 11.5 Å². The summed E-state index contributed by atoms with van der Waals surface area (Å²) >= 11 is 0. The van der Waals surface area contributed by atoms with Crippen LogP contribution in [-0.4, -0.2) is 44.6 Å². The number of rotatable bonds is 2. The fourth-order valence-electron chi connectivity index (χ4n) is 3.55. The fraction of sp³-hybridized carbons (Fsp3) is 0.353. The van der Waals surface area contributed by atoms with Gasteiger partial charge in [0.2, 0.25) is 5.95 Å². The zero-order valence-corrected chi connectivity index (χ0v) is 13.7. The molecule has 0 bridgehead atoms. The van der Waals surface area contributed by atoms with E-state index in [-0.39, 0.29) is 5.95 Å². The van der Waals surface area contributed by atoms with Crippen molar-refractivity contribution in [3.63, 3.8) is 0 Å². The summed E-state index contributed by atoms with van der Waals surface area (Å²) in [6.45, 7) is 2.13. The van der Waals surface area contributed by atoms with E-state index in [1.54, 1.807) is 10.7 Å². The van der Waals surface area contributed by atoms with Crippen LogP contribution in [0.25, 0.3) is 16.8 Å². The average Bonchev–Trinajstić information content (AvgIpc) is 2.99. The van der Waals surface area contributed by atoms with Gasteiger partial charge in [0.15, 0.2) is 5.65 Å². The Balaban J connectivity index is 1.95. The van der Waals surface area contributed by atoms with E-state index in [1.807, 2.05) is 18.3 Å². The number of fused-ring (bicyclic) bond motifs is 1. The number of hydrogen-bond acceptors (Lipinski definition) is 6. The highest BCUT2D eigenvalue weighted by Gasteiger charge is 2.26. The largest absolute Gasteiger partial charge is 0.384 e. The van der Waals surface area contributed by atoms with E-state index in [0.717, 1.165) is 42.7 Å². The maximum atomic E-state index is 6.20. The molecule has 124 valence electrons. The van der Waals surface area contributed by atoms with E-state index in [4.69, 9.17) is 11.5 Å². The lowest BCUT2D eigenvalue weighted by atomic mass is 9.85. The molecule has 1 aliphatic rings. The Morgan fingerprint density at radius 1 is 1.21 bits per heavy atom. The van der Waals surface area contributed by atoms with Crippen molar-refractivity contribution >= 4 is 17.4 Å². The van der Waals surface area contributed by atoms with Gasteiger partial charge in [0.25, 0.3) is 0 Å². The predicted molar refractivity (Wildman–Crippen MR) is 94.5 cm³/mol. The normalized spacial score (nSPS) is 16.7. The van der Waals surface area contributed by atoms with Crippen LogP contribution in [0, 0.1) is 0 Å². The summed E-state index contributed by atoms with van der Waals surface area (Å²) in [5.41, 5.74) is 16.1. The molecule has 0 amide bonds. The summed E-state index contributed by atoms with van der Waals surface area (Å²) in [6, 6.07) is 5.95. The van der Waals surface area contributed by atoms with Gasteiger partial charge in [0, 0.05) is 23.5 Å². The lowest BCUT2D eigenvalue weighted by molar-refractivity contribution is 0.256. The Morgan fingerprint density at radius 3 is 2.71 bits per heavy atom. The number of pyridine rings is 2. The van der Waals surface area contributed by atoms with Crippen LogP contribution in [0.1, 0.15) is 24.3 Å². The van der Waals surface area contributed by atoms with Crippen molar-refractivity contribution in [3.05, 3.63) is 36.2 Å². The first-order chi connectivity index (χ1) is 11.6. The van der Waals surface area contributed by atoms with Gasteiger partial charge in [-0.25, -0.2) is 0 Å². The van der Waals surface area contributed by atoms with E-state index < -0.39 is 0 Å². The molecule has 24 heavy (non-hydrogen) atoms. The summed E-state index contributed by atoms with van der Waals surface area (Å²) in [6.07, 6.45) is 5.80. The zero-order chi connectivity index (χ0) is 16.7. The molecule has 0 radical (unpaired) electrons. The van der Waals surface area contributed by atoms with Crippen LogP contribution in [-0.2, 0) is 0 Å². The summed E-state index contributed by atoms with van der Waals surface area (Å²) in [5, 5.41) is 4.25. The van der Waals surface area contributed by atoms with Crippen LogP contribution >= 0.6 is 0 Å². The molecule has 1 saturated heterocycles. The Morgan fingerprint density at radius 2 is 2.00 bits per heavy atom. The smallest absolute Gasteiger partial charge is 0.240 e. The second kappa shape index (κ2) is 5.76. The van der Waals surface area contributed by atoms with Gasteiger partial charge in [-0.1, -0.05) is 6.07 Å². The van der Waals surface area contributed by atoms with E-state index in [0.29, 0.717) is 11.7 Å². The SMILES string of the molecule is CN1CCC(c2c(-c3cccnc3)cc(N)n3nc(N)nc23)CC1. The molecule has 0 spiro atoms. The van der Waals surface area contributed by atoms with Crippen molar-refractivity contribution in [2.45, 2.75) is 18.8 Å². The predicted octanol–water partition coefficient (Wildman–Crippen LogP) is 1.76. The number of likely N-dealkylation sites (tertiary alicyclic amines) is 1. The summed E-state index contributed by atoms with van der Waals surface area (Å²) in [4.78, 5) is 11.1. The number of nitrogens with two attached hydrogens (primary N) is 2. The van der Waals surface area contributed by atoms with Crippen molar-refractivity contribution in [3.8, 4) is 11.1 Å². The fourth-order valence-corrected chi connectivity index (χ4v) is 3.55. The number of anilines is 2. The van der Waals surface area contributed by atoms with Crippen LogP contribution in [0.2, 0.25) is 0 Å². The molecule has 0 saturated carbocycles. The summed E-state index contributed by atoms with van der Waals surface area (Å²) in [5.74, 6) is 1.19. The molecule has 3 aromatic heterocycles. The lowest BCUT2D eigenvalue weighted by Gasteiger charge is -2.30. The van der Waals surface area contributed by atoms with E-state index in [9.17, 15) is 0 Å². The van der Waals surface area contributed by atoms with E-state index in [2.05, 4.69) is 33.1 Å². The Hall–Kier alpha value is -2.67. The molecule has 0 aromatic carbocycles. The molecule has 0 unspecified atom stereocenters. The zero-order valence-electron chi connectivity index (χ0n) is 13.7. The number of piperidine rings is 1. The molecule has 1 aliphatic heterocycles. The molecule has 0 aliphatic carbocycles. The van der Waals surface area contributed by atoms with Crippen molar-refractivity contribution in [2.24, 2.45) is 0 Å². The third-order valence-corrected chi connectivity index (χ3v) is 4.79. The van der Waals surface area contributed by atoms with Crippen LogP contribution in [0.5, 0.6) is 0 Å². The van der Waals surface area contributed by atoms with Crippen LogP contribution in [0.15, 0.2) is 30.6 Å². The second-order valence-corrected chi connectivity index (χ2v) is 6.42. The highest BCUT2D eigenvalue weighted by atomic mass is 15.3. The summed E-state index contributed by atoms with van der Waals surface area (Å²) in [7, 11) is 2.16. The quantitative estimate of drug-likeness (QED) is 0.746. The number of nitrogens with zero attached hydrogens (tertiary/aromatic N) is 5. The molecule has 4 heterocycles. The van der Waals surface area contributed by atoms with Crippen molar-refractivity contribution in [1.29, 1.82) is 0 Å². The van der Waals surface area contributed by atoms with Crippen LogP contribution in [0.4, 0.5) is 11.8 Å². The topological polar surface area (TPSA) is 98.4 Å². The van der Waals surface area contributed by atoms with Gasteiger partial charge >= 0.3 is 0 Å². The molecule has 0 atom stereocenters. The highest BCUT2D eigenvalue weighted by molar-refractivity contribution is 5.77. The minimum atomic E-state index is 0.249. The van der Waals surface area contributed by atoms with Gasteiger partial charge in [0.1, 0.15) is 5.82 Å². The molecule has 7 heteroatoms. The molecule has 1 fully saturated rings. The van der Waals surface area contributed by atoms with Crippen molar-refractivity contribution < 1.29 is 0 Å². The van der Waals surface area contributed by atoms with Gasteiger partial charge in [0.05, 0.1) is 0 Å². The lowest BCUT2D eigenvalue weighted by Crippen LogP contribution is -2.29. The van der Waals surface area contributed by atoms with Crippen molar-refractivity contribution in [2.75, 3.05) is 31.6 Å². The molecule has 4 N–H and O–H groups in total. The van der Waals surface area contributed by atoms with Gasteiger partial charge in [-0.05, 0) is 56.6 Å². The van der Waals surface area contributed by atoms with Crippen LogP contribution in [0.3, 0.4) is 0 Å². The average molecular weight is 323 g/mol. The first-order valence-corrected chi connectivity index (χ1v) is 8.17. The number of hydrogen-bond donors (Lipinski definition) is 2. The van der Waals surface area contributed by atoms with Gasteiger partial charge < -0.3 is 16.4 Å². The molecular formula is C17H21N7.